The highest BCUT2D eigenvalue weighted by atomic mass is 16.5. The molecule has 1 saturated carbocycles. The van der Waals surface area contributed by atoms with Crippen LogP contribution in [0.25, 0.3) is 0 Å². The standard InChI is InChI=1S/C16H31N3O/c1-13(2)12-20-9-8-18-16(17-3)19-10-14-6-4-5-7-15(14)11-19/h13-15H,4-12H2,1-3H3,(H,17,18). The molecule has 0 spiro atoms. The molecule has 2 fully saturated rings. The topological polar surface area (TPSA) is 36.9 Å². The molecule has 20 heavy (non-hydrogen) atoms. The molecule has 2 unspecified atom stereocenters. The number of guanidine groups is 1. The first-order chi connectivity index (χ1) is 9.70. The fourth-order valence-electron chi connectivity index (χ4n) is 3.47. The van der Waals surface area contributed by atoms with E-state index in [1.165, 1.54) is 38.8 Å². The zero-order valence-corrected chi connectivity index (χ0v) is 13.4. The van der Waals surface area contributed by atoms with Crippen LogP contribution in [0, 0.1) is 17.8 Å². The number of nitrogens with one attached hydrogen (secondary N) is 1. The second-order valence-electron chi connectivity index (χ2n) is 6.65. The van der Waals surface area contributed by atoms with E-state index in [4.69, 9.17) is 4.74 Å². The van der Waals surface area contributed by atoms with Gasteiger partial charge in [-0.05, 0) is 30.6 Å². The quantitative estimate of drug-likeness (QED) is 0.477. The van der Waals surface area contributed by atoms with E-state index >= 15 is 0 Å². The number of nitrogens with zero attached hydrogens (tertiary/aromatic N) is 2. The summed E-state index contributed by atoms with van der Waals surface area (Å²) in [6.07, 6.45) is 5.67. The Morgan fingerprint density at radius 2 is 1.90 bits per heavy atom. The summed E-state index contributed by atoms with van der Waals surface area (Å²) in [5.41, 5.74) is 0. The lowest BCUT2D eigenvalue weighted by Crippen LogP contribution is -2.41. The first-order valence-electron chi connectivity index (χ1n) is 8.24. The Morgan fingerprint density at radius 1 is 1.25 bits per heavy atom. The monoisotopic (exact) mass is 281 g/mol. The Labute approximate surface area is 124 Å². The smallest absolute Gasteiger partial charge is 0.193 e. The van der Waals surface area contributed by atoms with Gasteiger partial charge < -0.3 is 15.0 Å². The number of ether oxygens (including phenoxy) is 1. The third-order valence-corrected chi connectivity index (χ3v) is 4.47. The minimum absolute atomic E-state index is 0.607. The van der Waals surface area contributed by atoms with Crippen LogP contribution < -0.4 is 5.32 Å². The van der Waals surface area contributed by atoms with Crippen LogP contribution in [0.5, 0.6) is 0 Å². The summed E-state index contributed by atoms with van der Waals surface area (Å²) in [7, 11) is 1.89. The zero-order valence-electron chi connectivity index (χ0n) is 13.4. The molecule has 0 aromatic heterocycles. The minimum atomic E-state index is 0.607. The third-order valence-electron chi connectivity index (χ3n) is 4.47. The Hall–Kier alpha value is -0.770. The number of rotatable bonds is 5. The second-order valence-corrected chi connectivity index (χ2v) is 6.65. The lowest BCUT2D eigenvalue weighted by Gasteiger charge is -2.22. The van der Waals surface area contributed by atoms with Gasteiger partial charge in [0.05, 0.1) is 6.61 Å². The number of hydrogen-bond donors (Lipinski definition) is 1. The van der Waals surface area contributed by atoms with Crippen molar-refractivity contribution in [1.82, 2.24) is 10.2 Å². The van der Waals surface area contributed by atoms with E-state index < -0.39 is 0 Å². The minimum Gasteiger partial charge on any atom is -0.379 e. The maximum absolute atomic E-state index is 5.61. The Balaban J connectivity index is 1.70. The van der Waals surface area contributed by atoms with E-state index in [1.807, 2.05) is 7.05 Å². The predicted molar refractivity (Wildman–Crippen MR) is 84.0 cm³/mol. The van der Waals surface area contributed by atoms with Gasteiger partial charge in [-0.1, -0.05) is 26.7 Å². The van der Waals surface area contributed by atoms with Crippen LogP contribution >= 0.6 is 0 Å². The predicted octanol–water partition coefficient (Wildman–Crippen LogP) is 2.36. The summed E-state index contributed by atoms with van der Waals surface area (Å²) in [6, 6.07) is 0. The molecule has 1 aliphatic heterocycles. The second kappa shape index (κ2) is 7.87. The van der Waals surface area contributed by atoms with Gasteiger partial charge in [0.25, 0.3) is 0 Å². The van der Waals surface area contributed by atoms with E-state index in [9.17, 15) is 0 Å². The zero-order chi connectivity index (χ0) is 14.4. The maximum Gasteiger partial charge on any atom is 0.193 e. The van der Waals surface area contributed by atoms with Crippen molar-refractivity contribution >= 4 is 5.96 Å². The molecular weight excluding hydrogens is 250 g/mol. The summed E-state index contributed by atoms with van der Waals surface area (Å²) in [4.78, 5) is 6.88. The molecule has 2 aliphatic rings. The van der Waals surface area contributed by atoms with Gasteiger partial charge in [0, 0.05) is 33.3 Å². The van der Waals surface area contributed by atoms with Gasteiger partial charge in [-0.3, -0.25) is 4.99 Å². The molecule has 0 bridgehead atoms. The van der Waals surface area contributed by atoms with Gasteiger partial charge in [-0.25, -0.2) is 0 Å². The summed E-state index contributed by atoms with van der Waals surface area (Å²) >= 11 is 0. The Kier molecular flexibility index (Phi) is 6.14. The SMILES string of the molecule is CN=C(NCCOCC(C)C)N1CC2CCCCC2C1. The van der Waals surface area contributed by atoms with E-state index in [0.29, 0.717) is 5.92 Å². The van der Waals surface area contributed by atoms with Gasteiger partial charge in [-0.2, -0.15) is 0 Å². The molecule has 1 aliphatic carbocycles. The van der Waals surface area contributed by atoms with E-state index in [0.717, 1.165) is 37.6 Å². The van der Waals surface area contributed by atoms with Gasteiger partial charge in [-0.15, -0.1) is 0 Å². The first-order valence-corrected chi connectivity index (χ1v) is 8.24. The van der Waals surface area contributed by atoms with Crippen molar-refractivity contribution in [2.24, 2.45) is 22.7 Å². The molecule has 1 N–H and O–H groups in total. The van der Waals surface area contributed by atoms with Crippen LogP contribution in [-0.4, -0.2) is 50.8 Å². The Morgan fingerprint density at radius 3 is 2.45 bits per heavy atom. The number of aliphatic imine (C=N–C) groups is 1. The molecule has 4 heteroatoms. The van der Waals surface area contributed by atoms with Crippen molar-refractivity contribution in [2.45, 2.75) is 39.5 Å². The Bertz CT molecular complexity index is 303. The lowest BCUT2D eigenvalue weighted by molar-refractivity contribution is 0.114. The van der Waals surface area contributed by atoms with Crippen LogP contribution in [-0.2, 0) is 4.74 Å². The molecule has 116 valence electrons. The molecule has 0 radical (unpaired) electrons. The van der Waals surface area contributed by atoms with Crippen molar-refractivity contribution in [1.29, 1.82) is 0 Å². The molecule has 0 aromatic carbocycles. The fraction of sp³-hybridized carbons (Fsp3) is 0.938. The van der Waals surface area contributed by atoms with Crippen LogP contribution in [0.1, 0.15) is 39.5 Å². The van der Waals surface area contributed by atoms with Gasteiger partial charge in [0.1, 0.15) is 0 Å². The summed E-state index contributed by atoms with van der Waals surface area (Å²) in [5, 5.41) is 3.45. The fourth-order valence-corrected chi connectivity index (χ4v) is 3.47. The van der Waals surface area contributed by atoms with Crippen LogP contribution in [0.3, 0.4) is 0 Å². The molecule has 1 saturated heterocycles. The average molecular weight is 281 g/mol. The number of hydrogen-bond acceptors (Lipinski definition) is 2. The third kappa shape index (κ3) is 4.37. The molecule has 1 heterocycles. The summed E-state index contributed by atoms with van der Waals surface area (Å²) < 4.78 is 5.61. The van der Waals surface area contributed by atoms with E-state index in [2.05, 4.69) is 29.1 Å². The summed E-state index contributed by atoms with van der Waals surface area (Å²) in [5.74, 6) is 3.47. The van der Waals surface area contributed by atoms with E-state index in [-0.39, 0.29) is 0 Å². The summed E-state index contributed by atoms with van der Waals surface area (Å²) in [6.45, 7) is 9.20. The van der Waals surface area contributed by atoms with Crippen molar-refractivity contribution < 1.29 is 4.74 Å². The lowest BCUT2D eigenvalue weighted by atomic mass is 9.82. The number of fused-ring (bicyclic) bond motifs is 1. The van der Waals surface area contributed by atoms with E-state index in [1.54, 1.807) is 0 Å². The molecule has 0 amide bonds. The normalized spacial score (nSPS) is 27.0. The molecule has 2 rings (SSSR count). The largest absolute Gasteiger partial charge is 0.379 e. The average Bonchev–Trinajstić information content (AvgIpc) is 2.86. The van der Waals surface area contributed by atoms with Gasteiger partial charge in [0.15, 0.2) is 5.96 Å². The highest BCUT2D eigenvalue weighted by molar-refractivity contribution is 5.80. The van der Waals surface area contributed by atoms with Crippen LogP contribution in [0.4, 0.5) is 0 Å². The number of likely N-dealkylation sites (tertiary alicyclic amines) is 1. The van der Waals surface area contributed by atoms with Crippen molar-refractivity contribution in [3.05, 3.63) is 0 Å². The first kappa shape index (κ1) is 15.6. The molecule has 4 nitrogen and oxygen atoms in total. The highest BCUT2D eigenvalue weighted by Crippen LogP contribution is 2.35. The maximum atomic E-state index is 5.61. The van der Waals surface area contributed by atoms with Gasteiger partial charge >= 0.3 is 0 Å². The molecule has 2 atom stereocenters. The van der Waals surface area contributed by atoms with Crippen molar-refractivity contribution in [3.8, 4) is 0 Å². The van der Waals surface area contributed by atoms with Gasteiger partial charge in [0.2, 0.25) is 0 Å². The molecular formula is C16H31N3O. The molecule has 0 aromatic rings. The van der Waals surface area contributed by atoms with Crippen LogP contribution in [0.2, 0.25) is 0 Å². The van der Waals surface area contributed by atoms with Crippen molar-refractivity contribution in [2.75, 3.05) is 39.9 Å². The van der Waals surface area contributed by atoms with Crippen molar-refractivity contribution in [3.63, 3.8) is 0 Å². The van der Waals surface area contributed by atoms with Crippen LogP contribution in [0.15, 0.2) is 4.99 Å². The highest BCUT2D eigenvalue weighted by Gasteiger charge is 2.35.